The van der Waals surface area contributed by atoms with Gasteiger partial charge in [0, 0.05) is 57.6 Å². The molecule has 0 radical (unpaired) electrons. The van der Waals surface area contributed by atoms with Crippen LogP contribution in [0.4, 0.5) is 0 Å². The van der Waals surface area contributed by atoms with Crippen LogP contribution in [0.2, 0.25) is 0 Å². The average molecular weight is 385 g/mol. The summed E-state index contributed by atoms with van der Waals surface area (Å²) < 4.78 is 5.59. The van der Waals surface area contributed by atoms with E-state index >= 15 is 0 Å². The molecule has 6 heteroatoms. The van der Waals surface area contributed by atoms with E-state index in [1.807, 2.05) is 18.4 Å². The molecule has 0 bridgehead atoms. The summed E-state index contributed by atoms with van der Waals surface area (Å²) in [5.41, 5.74) is 2.71. The summed E-state index contributed by atoms with van der Waals surface area (Å²) in [4.78, 5) is 10.9. The van der Waals surface area contributed by atoms with Gasteiger partial charge in [0.15, 0.2) is 5.96 Å². The number of rotatable bonds is 5. The van der Waals surface area contributed by atoms with Crippen molar-refractivity contribution in [2.75, 3.05) is 46.4 Å². The molecule has 1 aromatic carbocycles. The van der Waals surface area contributed by atoms with Gasteiger partial charge in [0.25, 0.3) is 0 Å². The molecule has 3 heterocycles. The molecule has 4 rings (SSSR count). The summed E-state index contributed by atoms with van der Waals surface area (Å²) >= 11 is 1.85. The van der Waals surface area contributed by atoms with Crippen LogP contribution in [0.25, 0.3) is 0 Å². The van der Waals surface area contributed by atoms with Gasteiger partial charge in [-0.05, 0) is 35.1 Å². The van der Waals surface area contributed by atoms with Gasteiger partial charge in [-0.3, -0.25) is 9.89 Å². The minimum absolute atomic E-state index is 0.822. The average Bonchev–Trinajstić information content (AvgIpc) is 3.37. The Labute approximate surface area is 165 Å². The molecule has 2 aliphatic rings. The Bertz CT molecular complexity index is 766. The number of fused-ring (bicyclic) bond motifs is 1. The maximum absolute atomic E-state index is 5.59. The van der Waals surface area contributed by atoms with Gasteiger partial charge in [0.05, 0.1) is 6.61 Å². The maximum atomic E-state index is 5.59. The van der Waals surface area contributed by atoms with Crippen molar-refractivity contribution >= 4 is 17.3 Å². The van der Waals surface area contributed by atoms with E-state index in [-0.39, 0.29) is 0 Å². The van der Waals surface area contributed by atoms with Crippen LogP contribution in [-0.4, -0.2) is 62.1 Å². The normalized spacial score (nSPS) is 17.7. The number of piperazine rings is 1. The molecule has 27 heavy (non-hydrogen) atoms. The van der Waals surface area contributed by atoms with Gasteiger partial charge in [-0.15, -0.1) is 11.3 Å². The maximum Gasteiger partial charge on any atom is 0.193 e. The number of thiophene rings is 1. The van der Waals surface area contributed by atoms with Crippen LogP contribution < -0.4 is 10.1 Å². The van der Waals surface area contributed by atoms with E-state index in [0.717, 1.165) is 70.4 Å². The zero-order chi connectivity index (χ0) is 18.5. The minimum atomic E-state index is 0.822. The highest BCUT2D eigenvalue weighted by molar-refractivity contribution is 7.09. The van der Waals surface area contributed by atoms with E-state index in [2.05, 4.69) is 55.8 Å². The second kappa shape index (κ2) is 8.76. The molecule has 1 N–H and O–H groups in total. The van der Waals surface area contributed by atoms with Crippen LogP contribution in [-0.2, 0) is 19.4 Å². The Morgan fingerprint density at radius 2 is 2.11 bits per heavy atom. The predicted octanol–water partition coefficient (Wildman–Crippen LogP) is 2.62. The number of ether oxygens (including phenoxy) is 1. The Morgan fingerprint density at radius 3 is 2.89 bits per heavy atom. The lowest BCUT2D eigenvalue weighted by molar-refractivity contribution is 0.174. The first-order valence-electron chi connectivity index (χ1n) is 9.77. The zero-order valence-electron chi connectivity index (χ0n) is 16.0. The fourth-order valence-electron chi connectivity index (χ4n) is 3.79. The van der Waals surface area contributed by atoms with Crippen molar-refractivity contribution in [2.45, 2.75) is 19.4 Å². The van der Waals surface area contributed by atoms with Gasteiger partial charge in [0.1, 0.15) is 5.75 Å². The van der Waals surface area contributed by atoms with Crippen molar-refractivity contribution < 1.29 is 4.74 Å². The van der Waals surface area contributed by atoms with Crippen molar-refractivity contribution in [1.82, 2.24) is 15.1 Å². The van der Waals surface area contributed by atoms with Crippen LogP contribution >= 0.6 is 11.3 Å². The Morgan fingerprint density at radius 1 is 1.22 bits per heavy atom. The molecule has 1 fully saturated rings. The number of hydrogen-bond donors (Lipinski definition) is 1. The predicted molar refractivity (Wildman–Crippen MR) is 112 cm³/mol. The number of nitrogens with zero attached hydrogens (tertiary/aromatic N) is 3. The number of nitrogens with one attached hydrogen (secondary N) is 1. The minimum Gasteiger partial charge on any atom is -0.493 e. The molecule has 0 saturated carbocycles. The molecule has 0 amide bonds. The van der Waals surface area contributed by atoms with E-state index in [9.17, 15) is 0 Å². The number of guanidine groups is 1. The lowest BCUT2D eigenvalue weighted by Gasteiger charge is -2.36. The molecule has 0 unspecified atom stereocenters. The molecule has 2 aromatic rings. The third-order valence-corrected chi connectivity index (χ3v) is 6.15. The summed E-state index contributed by atoms with van der Waals surface area (Å²) in [5.74, 6) is 2.08. The monoisotopic (exact) mass is 384 g/mol. The standard InChI is InChI=1S/C21H28N4OS/c1-22-21(23-8-6-17-4-5-20-18(15-17)7-13-26-20)25-11-9-24(10-12-25)16-19-3-2-14-27-19/h2-5,14-15H,6-13,16H2,1H3,(H,22,23). The van der Waals surface area contributed by atoms with E-state index in [1.54, 1.807) is 0 Å². The first-order valence-corrected chi connectivity index (χ1v) is 10.6. The lowest BCUT2D eigenvalue weighted by Crippen LogP contribution is -2.52. The summed E-state index contributed by atoms with van der Waals surface area (Å²) in [7, 11) is 1.88. The quantitative estimate of drug-likeness (QED) is 0.636. The highest BCUT2D eigenvalue weighted by atomic mass is 32.1. The third-order valence-electron chi connectivity index (χ3n) is 5.29. The van der Waals surface area contributed by atoms with Crippen molar-refractivity contribution in [3.8, 4) is 5.75 Å². The second-order valence-electron chi connectivity index (χ2n) is 7.11. The Hall–Kier alpha value is -2.05. The van der Waals surface area contributed by atoms with Gasteiger partial charge in [0.2, 0.25) is 0 Å². The van der Waals surface area contributed by atoms with Crippen LogP contribution in [0.5, 0.6) is 5.75 Å². The molecule has 0 spiro atoms. The van der Waals surface area contributed by atoms with E-state index in [0.29, 0.717) is 0 Å². The Kier molecular flexibility index (Phi) is 5.94. The largest absolute Gasteiger partial charge is 0.493 e. The summed E-state index contributed by atoms with van der Waals surface area (Å²) in [6.07, 6.45) is 2.04. The second-order valence-corrected chi connectivity index (χ2v) is 8.14. The lowest BCUT2D eigenvalue weighted by atomic mass is 10.1. The van der Waals surface area contributed by atoms with E-state index in [1.165, 1.54) is 16.0 Å². The molecular weight excluding hydrogens is 356 g/mol. The summed E-state index contributed by atoms with van der Waals surface area (Å²) in [6.45, 7) is 7.03. The summed E-state index contributed by atoms with van der Waals surface area (Å²) in [5, 5.41) is 5.70. The molecule has 5 nitrogen and oxygen atoms in total. The molecule has 0 atom stereocenters. The SMILES string of the molecule is CN=C(NCCc1ccc2c(c1)CCO2)N1CCN(Cc2cccs2)CC1. The Balaban J connectivity index is 1.23. The van der Waals surface area contributed by atoms with Gasteiger partial charge >= 0.3 is 0 Å². The van der Waals surface area contributed by atoms with Gasteiger partial charge < -0.3 is 15.0 Å². The smallest absolute Gasteiger partial charge is 0.193 e. The van der Waals surface area contributed by atoms with E-state index < -0.39 is 0 Å². The van der Waals surface area contributed by atoms with Gasteiger partial charge in [-0.2, -0.15) is 0 Å². The zero-order valence-corrected chi connectivity index (χ0v) is 16.8. The third kappa shape index (κ3) is 4.62. The fourth-order valence-corrected chi connectivity index (χ4v) is 4.53. The van der Waals surface area contributed by atoms with Crippen molar-refractivity contribution in [3.05, 3.63) is 51.7 Å². The topological polar surface area (TPSA) is 40.1 Å². The first kappa shape index (κ1) is 18.3. The molecule has 0 aliphatic carbocycles. The van der Waals surface area contributed by atoms with Crippen LogP contribution in [0.1, 0.15) is 16.0 Å². The molecule has 2 aliphatic heterocycles. The van der Waals surface area contributed by atoms with Crippen molar-refractivity contribution in [1.29, 1.82) is 0 Å². The van der Waals surface area contributed by atoms with E-state index in [4.69, 9.17) is 4.74 Å². The molecule has 144 valence electrons. The van der Waals surface area contributed by atoms with Crippen LogP contribution in [0, 0.1) is 0 Å². The number of hydrogen-bond acceptors (Lipinski definition) is 4. The van der Waals surface area contributed by atoms with Gasteiger partial charge in [-0.1, -0.05) is 18.2 Å². The fraction of sp³-hybridized carbons (Fsp3) is 0.476. The highest BCUT2D eigenvalue weighted by Crippen LogP contribution is 2.25. The summed E-state index contributed by atoms with van der Waals surface area (Å²) in [6, 6.07) is 10.9. The van der Waals surface area contributed by atoms with Crippen molar-refractivity contribution in [3.63, 3.8) is 0 Å². The molecule has 1 saturated heterocycles. The van der Waals surface area contributed by atoms with Crippen molar-refractivity contribution in [2.24, 2.45) is 4.99 Å². The molecular formula is C21H28N4OS. The van der Waals surface area contributed by atoms with Crippen LogP contribution in [0.3, 0.4) is 0 Å². The highest BCUT2D eigenvalue weighted by Gasteiger charge is 2.19. The molecule has 1 aromatic heterocycles. The number of aliphatic imine (C=N–C) groups is 1. The van der Waals surface area contributed by atoms with Gasteiger partial charge in [-0.25, -0.2) is 0 Å². The number of benzene rings is 1. The first-order chi connectivity index (χ1) is 13.3. The van der Waals surface area contributed by atoms with Crippen LogP contribution in [0.15, 0.2) is 40.7 Å².